The maximum atomic E-state index is 10.1. The van der Waals surface area contributed by atoms with Crippen LogP contribution in [0.1, 0.15) is 6.42 Å². The van der Waals surface area contributed by atoms with Crippen LogP contribution in [0.15, 0.2) is 0 Å². The van der Waals surface area contributed by atoms with Gasteiger partial charge in [0.1, 0.15) is 0 Å². The lowest BCUT2D eigenvalue weighted by Crippen LogP contribution is -2.18. The minimum atomic E-state index is -3.95. The summed E-state index contributed by atoms with van der Waals surface area (Å²) in [4.78, 5) is 16.5. The normalized spacial score (nSPS) is 12.4. The summed E-state index contributed by atoms with van der Waals surface area (Å²) in [6.07, 6.45) is 0.0590. The van der Waals surface area contributed by atoms with Crippen LogP contribution in [-0.2, 0) is 14.5 Å². The zero-order chi connectivity index (χ0) is 8.91. The van der Waals surface area contributed by atoms with Crippen molar-refractivity contribution in [1.82, 2.24) is 0 Å². The molecule has 0 saturated heterocycles. The van der Waals surface area contributed by atoms with Crippen LogP contribution in [0.5, 0.6) is 0 Å². The van der Waals surface area contributed by atoms with Crippen molar-refractivity contribution in [3.8, 4) is 0 Å². The van der Waals surface area contributed by atoms with Crippen molar-refractivity contribution in [2.75, 3.05) is 12.4 Å². The van der Waals surface area contributed by atoms with Gasteiger partial charge < -0.3 is 14.0 Å². The van der Waals surface area contributed by atoms with Crippen molar-refractivity contribution >= 4 is 19.6 Å². The third-order valence-corrected chi connectivity index (χ3v) is 2.15. The molecule has 0 radical (unpaired) electrons. The lowest BCUT2D eigenvalue weighted by molar-refractivity contribution is 0.186. The Morgan fingerprint density at radius 3 is 2.27 bits per heavy atom. The van der Waals surface area contributed by atoms with Crippen molar-refractivity contribution in [2.24, 2.45) is 0 Å². The van der Waals surface area contributed by atoms with Gasteiger partial charge in [0.05, 0.1) is 5.75 Å². The molecule has 0 bridgehead atoms. The lowest BCUT2D eigenvalue weighted by atomic mass is 10.5. The Morgan fingerprint density at radius 2 is 1.91 bits per heavy atom. The van der Waals surface area contributed by atoms with Crippen molar-refractivity contribution < 1.29 is 27.0 Å². The highest BCUT2D eigenvalue weighted by molar-refractivity contribution is 7.85. The highest BCUT2D eigenvalue weighted by Crippen LogP contribution is 1.89. The number of hydrogen-bond donors (Lipinski definition) is 3. The molecule has 8 heteroatoms. The Kier molecular flexibility index (Phi) is 4.80. The van der Waals surface area contributed by atoms with E-state index in [0.29, 0.717) is 0 Å². The molecule has 3 N–H and O–H groups in total. The molecule has 11 heavy (non-hydrogen) atoms. The Morgan fingerprint density at radius 1 is 1.36 bits per heavy atom. The minimum Gasteiger partial charge on any atom is -0.392 e. The number of hydrogen-bond acceptors (Lipinski definition) is 5. The second kappa shape index (κ2) is 4.80. The largest absolute Gasteiger partial charge is 0.478 e. The maximum absolute atomic E-state index is 10.1. The quantitative estimate of drug-likeness (QED) is 0.270. The Bertz CT molecular complexity index is 186. The van der Waals surface area contributed by atoms with E-state index < -0.39 is 25.4 Å². The predicted molar refractivity (Wildman–Crippen MR) is 38.6 cm³/mol. The summed E-state index contributed by atoms with van der Waals surface area (Å²) in [6, 6.07) is 0. The van der Waals surface area contributed by atoms with Crippen LogP contribution in [0, 0.1) is 0 Å². The first-order chi connectivity index (χ1) is 4.92. The predicted octanol–water partition coefficient (Wildman–Crippen LogP) is -2.02. The molecule has 0 unspecified atom stereocenters. The molecule has 0 amide bonds. The molecule has 0 rings (SSSR count). The molecule has 6 nitrogen and oxygen atoms in total. The van der Waals surface area contributed by atoms with E-state index in [1.807, 2.05) is 0 Å². The van der Waals surface area contributed by atoms with E-state index in [-0.39, 0.29) is 13.0 Å². The zero-order valence-electron chi connectivity index (χ0n) is 5.67. The van der Waals surface area contributed by atoms with Crippen molar-refractivity contribution in [1.29, 1.82) is 0 Å². The monoisotopic (exact) mass is 202 g/mol. The average molecular weight is 202 g/mol. The molecule has 0 aliphatic rings. The second-order valence-electron chi connectivity index (χ2n) is 1.84. The third-order valence-electron chi connectivity index (χ3n) is 0.814. The minimum absolute atomic E-state index is 0.0590. The van der Waals surface area contributed by atoms with Gasteiger partial charge in [0.2, 0.25) is 0 Å². The fourth-order valence-corrected chi connectivity index (χ4v) is 1.29. The summed E-state index contributed by atoms with van der Waals surface area (Å²) in [5.41, 5.74) is 0. The van der Waals surface area contributed by atoms with E-state index in [9.17, 15) is 8.42 Å². The summed E-state index contributed by atoms with van der Waals surface area (Å²) in [5.74, 6) is -0.422. The van der Waals surface area contributed by atoms with Gasteiger partial charge in [-0.15, -0.1) is 0 Å². The van der Waals surface area contributed by atoms with Crippen LogP contribution in [-0.4, -0.2) is 44.4 Å². The molecule has 0 aromatic heterocycles. The Balaban J connectivity index is 3.30. The molecular formula is C3H10O6SSi. The molecule has 0 aliphatic heterocycles. The highest BCUT2D eigenvalue weighted by Gasteiger charge is 2.05. The van der Waals surface area contributed by atoms with Crippen molar-refractivity contribution in [3.05, 3.63) is 0 Å². The molecule has 0 saturated carbocycles. The summed E-state index contributed by atoms with van der Waals surface area (Å²) in [7, 11) is -6.98. The van der Waals surface area contributed by atoms with E-state index in [1.165, 1.54) is 0 Å². The molecule has 68 valence electrons. The smallest absolute Gasteiger partial charge is 0.392 e. The van der Waals surface area contributed by atoms with E-state index in [2.05, 4.69) is 4.43 Å². The van der Waals surface area contributed by atoms with Gasteiger partial charge in [0.15, 0.2) is 0 Å². The summed E-state index contributed by atoms with van der Waals surface area (Å²) in [6.45, 7) is -0.0658. The summed E-state index contributed by atoms with van der Waals surface area (Å²) < 4.78 is 32.6. The van der Waals surface area contributed by atoms with Crippen LogP contribution in [0.3, 0.4) is 0 Å². The van der Waals surface area contributed by atoms with Gasteiger partial charge in [0, 0.05) is 6.61 Å². The van der Waals surface area contributed by atoms with Crippen LogP contribution >= 0.6 is 0 Å². The Hall–Kier alpha value is 0.00688. The molecule has 0 fully saturated rings. The summed E-state index contributed by atoms with van der Waals surface area (Å²) in [5, 5.41) is 0. The van der Waals surface area contributed by atoms with Gasteiger partial charge in [-0.2, -0.15) is 8.42 Å². The molecule has 0 atom stereocenters. The molecule has 0 aliphatic carbocycles. The zero-order valence-corrected chi connectivity index (χ0v) is 7.64. The molecule has 0 aromatic rings. The van der Waals surface area contributed by atoms with Gasteiger partial charge in [-0.3, -0.25) is 4.55 Å². The second-order valence-corrected chi connectivity index (χ2v) is 4.39. The van der Waals surface area contributed by atoms with Gasteiger partial charge in [-0.25, -0.2) is 0 Å². The molecule has 0 spiro atoms. The van der Waals surface area contributed by atoms with Crippen LogP contribution in [0.25, 0.3) is 0 Å². The standard InChI is InChI=1S/C3H10O6SSi/c4-10(5,6)3-1-2-9-11(7)8/h7-8,11H,1-3H2,(H,4,5,6). The first-order valence-corrected chi connectivity index (χ1v) is 5.96. The van der Waals surface area contributed by atoms with Crippen molar-refractivity contribution in [3.63, 3.8) is 0 Å². The molecule has 0 heterocycles. The third kappa shape index (κ3) is 10.0. The average Bonchev–Trinajstić information content (AvgIpc) is 1.78. The van der Waals surface area contributed by atoms with Gasteiger partial charge >= 0.3 is 9.53 Å². The van der Waals surface area contributed by atoms with E-state index in [0.717, 1.165) is 0 Å². The van der Waals surface area contributed by atoms with Crippen LogP contribution < -0.4 is 0 Å². The van der Waals surface area contributed by atoms with E-state index >= 15 is 0 Å². The van der Waals surface area contributed by atoms with Gasteiger partial charge in [-0.1, -0.05) is 0 Å². The first kappa shape index (κ1) is 11.0. The number of rotatable bonds is 5. The summed E-state index contributed by atoms with van der Waals surface area (Å²) >= 11 is 0. The Labute approximate surface area is 66.1 Å². The fourth-order valence-electron chi connectivity index (χ4n) is 0.430. The van der Waals surface area contributed by atoms with Crippen LogP contribution in [0.4, 0.5) is 0 Å². The highest BCUT2D eigenvalue weighted by atomic mass is 32.2. The molecule has 0 aromatic carbocycles. The van der Waals surface area contributed by atoms with Gasteiger partial charge in [0.25, 0.3) is 10.1 Å². The topological polar surface area (TPSA) is 104 Å². The fraction of sp³-hybridized carbons (Fsp3) is 1.00. The van der Waals surface area contributed by atoms with E-state index in [4.69, 9.17) is 14.1 Å². The molecular weight excluding hydrogens is 192 g/mol. The lowest BCUT2D eigenvalue weighted by Gasteiger charge is -2.01. The van der Waals surface area contributed by atoms with Crippen LogP contribution in [0.2, 0.25) is 0 Å². The maximum Gasteiger partial charge on any atom is 0.478 e. The first-order valence-electron chi connectivity index (χ1n) is 2.85. The SMILES string of the molecule is O=S(=O)(O)CCCO[SiH](O)O. The van der Waals surface area contributed by atoms with E-state index in [1.54, 1.807) is 0 Å². The van der Waals surface area contributed by atoms with Gasteiger partial charge in [-0.05, 0) is 6.42 Å². The van der Waals surface area contributed by atoms with Crippen molar-refractivity contribution in [2.45, 2.75) is 6.42 Å².